The number of allylic oxidation sites excluding steroid dienone is 1. The maximum absolute atomic E-state index is 7.72. The fraction of sp³-hybridized carbons (Fsp3) is 0.300. The average Bonchev–Trinajstić information content (AvgIpc) is 2.70. The van der Waals surface area contributed by atoms with Crippen LogP contribution in [0.1, 0.15) is 23.6 Å². The molecule has 5 heteroatoms. The molecule has 4 nitrogen and oxygen atoms in total. The molecule has 0 aromatic carbocycles. The van der Waals surface area contributed by atoms with E-state index in [0.717, 1.165) is 30.4 Å². The molecule has 1 atom stereocenters. The minimum absolute atomic E-state index is 0.148. The Hall–Kier alpha value is -1.42. The van der Waals surface area contributed by atoms with E-state index >= 15 is 0 Å². The van der Waals surface area contributed by atoms with Gasteiger partial charge in [0.05, 0.1) is 11.4 Å². The number of hydrogen-bond acceptors (Lipinski definition) is 3. The summed E-state index contributed by atoms with van der Waals surface area (Å²) in [5, 5.41) is 14.0. The van der Waals surface area contributed by atoms with Gasteiger partial charge in [0.25, 0.3) is 0 Å². The number of aryl methyl sites for hydroxylation is 1. The van der Waals surface area contributed by atoms with E-state index in [1.165, 1.54) is 0 Å². The van der Waals surface area contributed by atoms with Gasteiger partial charge < -0.3 is 10.4 Å². The summed E-state index contributed by atoms with van der Waals surface area (Å²) >= 11 is 5.77. The molecule has 1 aliphatic carbocycles. The molecule has 0 saturated heterocycles. The van der Waals surface area contributed by atoms with Crippen LogP contribution in [0.2, 0.25) is 0 Å². The third-order valence-corrected chi connectivity index (χ3v) is 2.67. The molecular formula is C10H11ClN4. The lowest BCUT2D eigenvalue weighted by atomic mass is 10.1. The molecule has 15 heavy (non-hydrogen) atoms. The smallest absolute Gasteiger partial charge is 0.153 e. The second kappa shape index (κ2) is 3.98. The molecule has 0 fully saturated rings. The first kappa shape index (κ1) is 10.1. The molecule has 0 aliphatic heterocycles. The Morgan fingerprint density at radius 2 is 2.47 bits per heavy atom. The van der Waals surface area contributed by atoms with Crippen molar-refractivity contribution >= 4 is 29.6 Å². The summed E-state index contributed by atoms with van der Waals surface area (Å²) in [4.78, 5) is 7.34. The van der Waals surface area contributed by atoms with Crippen LogP contribution in [-0.2, 0) is 6.42 Å². The normalized spacial score (nSPS) is 15.8. The second-order valence-corrected chi connectivity index (χ2v) is 3.84. The second-order valence-electron chi connectivity index (χ2n) is 3.37. The van der Waals surface area contributed by atoms with E-state index in [1.807, 2.05) is 6.08 Å². The predicted octanol–water partition coefficient (Wildman–Crippen LogP) is 1.99. The molecule has 0 amide bonds. The van der Waals surface area contributed by atoms with Crippen LogP contribution in [0.4, 0.5) is 0 Å². The van der Waals surface area contributed by atoms with Gasteiger partial charge in [0.2, 0.25) is 0 Å². The van der Waals surface area contributed by atoms with Crippen molar-refractivity contribution in [3.8, 4) is 0 Å². The summed E-state index contributed by atoms with van der Waals surface area (Å²) in [5.74, 6) is 0.468. The van der Waals surface area contributed by atoms with E-state index in [2.05, 4.69) is 16.0 Å². The molecule has 1 aromatic rings. The van der Waals surface area contributed by atoms with Crippen molar-refractivity contribution in [1.82, 2.24) is 9.97 Å². The third-order valence-electron chi connectivity index (χ3n) is 2.32. The van der Waals surface area contributed by atoms with Gasteiger partial charge in [-0.05, 0) is 18.9 Å². The minimum atomic E-state index is -0.707. The van der Waals surface area contributed by atoms with Gasteiger partial charge in [-0.15, -0.1) is 11.6 Å². The Labute approximate surface area is 92.4 Å². The molecule has 78 valence electrons. The number of H-pyrrole nitrogens is 1. The summed E-state index contributed by atoms with van der Waals surface area (Å²) < 4.78 is 0. The van der Waals surface area contributed by atoms with Crippen LogP contribution < -0.4 is 0 Å². The Morgan fingerprint density at radius 1 is 1.67 bits per heavy atom. The van der Waals surface area contributed by atoms with Crippen molar-refractivity contribution in [2.24, 2.45) is 0 Å². The SMILES string of the molecule is N=CC(Cl)C(=N)c1nc2c([nH]1)CCC=C2. The number of hydrogen-bond donors (Lipinski definition) is 3. The van der Waals surface area contributed by atoms with Crippen LogP contribution in [-0.4, -0.2) is 27.3 Å². The molecule has 0 saturated carbocycles. The molecule has 0 radical (unpaired) electrons. The van der Waals surface area contributed by atoms with E-state index in [9.17, 15) is 0 Å². The fourth-order valence-corrected chi connectivity index (χ4v) is 1.62. The van der Waals surface area contributed by atoms with Gasteiger partial charge >= 0.3 is 0 Å². The van der Waals surface area contributed by atoms with Crippen LogP contribution in [0, 0.1) is 10.8 Å². The Bertz CT molecular complexity index is 433. The summed E-state index contributed by atoms with van der Waals surface area (Å²) in [6, 6.07) is 0. The van der Waals surface area contributed by atoms with Crippen LogP contribution >= 0.6 is 11.6 Å². The Kier molecular flexibility index (Phi) is 2.68. The number of rotatable bonds is 3. The van der Waals surface area contributed by atoms with Crippen molar-refractivity contribution < 1.29 is 0 Å². The highest BCUT2D eigenvalue weighted by molar-refractivity contribution is 6.41. The van der Waals surface area contributed by atoms with Crippen LogP contribution in [0.5, 0.6) is 0 Å². The number of halogens is 1. The molecule has 1 heterocycles. The molecule has 1 unspecified atom stereocenters. The first-order valence-electron chi connectivity index (χ1n) is 4.71. The number of fused-ring (bicyclic) bond motifs is 1. The summed E-state index contributed by atoms with van der Waals surface area (Å²) in [5.41, 5.74) is 2.08. The van der Waals surface area contributed by atoms with E-state index < -0.39 is 5.38 Å². The highest BCUT2D eigenvalue weighted by Gasteiger charge is 2.17. The minimum Gasteiger partial charge on any atom is -0.340 e. The number of aromatic nitrogens is 2. The first-order valence-corrected chi connectivity index (χ1v) is 5.15. The van der Waals surface area contributed by atoms with Gasteiger partial charge in [-0.25, -0.2) is 4.98 Å². The molecule has 1 aromatic heterocycles. The van der Waals surface area contributed by atoms with Crippen molar-refractivity contribution in [2.75, 3.05) is 0 Å². The molecule has 1 aliphatic rings. The number of nitrogens with one attached hydrogen (secondary N) is 3. The molecule has 3 N–H and O–H groups in total. The third kappa shape index (κ3) is 1.85. The van der Waals surface area contributed by atoms with Crippen LogP contribution in [0.25, 0.3) is 6.08 Å². The topological polar surface area (TPSA) is 76.4 Å². The van der Waals surface area contributed by atoms with Crippen molar-refractivity contribution in [1.29, 1.82) is 10.8 Å². The van der Waals surface area contributed by atoms with Gasteiger partial charge in [-0.3, -0.25) is 5.41 Å². The van der Waals surface area contributed by atoms with Gasteiger partial charge in [0, 0.05) is 11.9 Å². The maximum atomic E-state index is 7.72. The lowest BCUT2D eigenvalue weighted by molar-refractivity contribution is 0.942. The quantitative estimate of drug-likeness (QED) is 0.531. The number of imidazole rings is 1. The van der Waals surface area contributed by atoms with E-state index in [1.54, 1.807) is 0 Å². The zero-order valence-electron chi connectivity index (χ0n) is 8.05. The monoisotopic (exact) mass is 222 g/mol. The van der Waals surface area contributed by atoms with Gasteiger partial charge in [0.1, 0.15) is 5.38 Å². The van der Waals surface area contributed by atoms with Crippen LogP contribution in [0.15, 0.2) is 6.08 Å². The fourth-order valence-electron chi connectivity index (χ4n) is 1.52. The molecular weight excluding hydrogens is 212 g/mol. The van der Waals surface area contributed by atoms with E-state index in [0.29, 0.717) is 5.82 Å². The Morgan fingerprint density at radius 3 is 3.13 bits per heavy atom. The molecule has 2 rings (SSSR count). The van der Waals surface area contributed by atoms with Crippen LogP contribution in [0.3, 0.4) is 0 Å². The first-order chi connectivity index (χ1) is 7.22. The van der Waals surface area contributed by atoms with Gasteiger partial charge in [-0.1, -0.05) is 6.08 Å². The maximum Gasteiger partial charge on any atom is 0.153 e. The van der Waals surface area contributed by atoms with Crippen molar-refractivity contribution in [3.05, 3.63) is 23.3 Å². The van der Waals surface area contributed by atoms with Gasteiger partial charge in [0.15, 0.2) is 5.82 Å². The van der Waals surface area contributed by atoms with Crippen molar-refractivity contribution in [3.63, 3.8) is 0 Å². The number of aromatic amines is 1. The summed E-state index contributed by atoms with van der Waals surface area (Å²) in [6.45, 7) is 0. The molecule has 0 spiro atoms. The largest absolute Gasteiger partial charge is 0.340 e. The summed E-state index contributed by atoms with van der Waals surface area (Å²) in [6.07, 6.45) is 6.95. The van der Waals surface area contributed by atoms with E-state index in [-0.39, 0.29) is 5.71 Å². The van der Waals surface area contributed by atoms with Gasteiger partial charge in [-0.2, -0.15) is 0 Å². The summed E-state index contributed by atoms with van der Waals surface area (Å²) in [7, 11) is 0. The van der Waals surface area contributed by atoms with E-state index in [4.69, 9.17) is 22.4 Å². The number of alkyl halides is 1. The average molecular weight is 223 g/mol. The standard InChI is InChI=1S/C10H11ClN4/c11-6(5-12)9(13)10-14-7-3-1-2-4-8(7)15-10/h1,3,5-6,12-13H,2,4H2,(H,14,15). The highest BCUT2D eigenvalue weighted by atomic mass is 35.5. The lowest BCUT2D eigenvalue weighted by Crippen LogP contribution is -2.17. The zero-order valence-corrected chi connectivity index (χ0v) is 8.80. The lowest BCUT2D eigenvalue weighted by Gasteiger charge is -2.01. The highest BCUT2D eigenvalue weighted by Crippen LogP contribution is 2.17. The Balaban J connectivity index is 2.30. The molecule has 0 bridgehead atoms. The van der Waals surface area contributed by atoms with Crippen molar-refractivity contribution in [2.45, 2.75) is 18.2 Å². The number of nitrogens with zero attached hydrogens (tertiary/aromatic N) is 1. The predicted molar refractivity (Wildman–Crippen MR) is 61.2 cm³/mol. The zero-order chi connectivity index (χ0) is 10.8.